The van der Waals surface area contributed by atoms with Gasteiger partial charge in [0.05, 0.1) is 11.9 Å². The molecule has 0 aliphatic carbocycles. The third-order valence-electron chi connectivity index (χ3n) is 2.17. The highest BCUT2D eigenvalue weighted by molar-refractivity contribution is 7.73. The quantitative estimate of drug-likeness (QED) is 0.670. The lowest BCUT2D eigenvalue weighted by Gasteiger charge is -1.94. The summed E-state index contributed by atoms with van der Waals surface area (Å²) in [5, 5.41) is 10.4. The van der Waals surface area contributed by atoms with E-state index in [1.807, 2.05) is 0 Å². The largest absolute Gasteiger partial charge is 0.493 e. The summed E-state index contributed by atoms with van der Waals surface area (Å²) in [5.41, 5.74) is 0.774. The number of hydrogen-bond donors (Lipinski definition) is 1. The van der Waals surface area contributed by atoms with Gasteiger partial charge >= 0.3 is 0 Å². The summed E-state index contributed by atoms with van der Waals surface area (Å²) in [6, 6.07) is 7.14. The number of rotatable bonds is 2. The van der Waals surface area contributed by atoms with E-state index in [1.165, 1.54) is 11.3 Å². The Morgan fingerprint density at radius 1 is 1.41 bits per heavy atom. The van der Waals surface area contributed by atoms with Crippen molar-refractivity contribution in [1.82, 2.24) is 4.57 Å². The van der Waals surface area contributed by atoms with Crippen LogP contribution in [0.4, 0.5) is 5.69 Å². The summed E-state index contributed by atoms with van der Waals surface area (Å²) in [6.07, 6.45) is 1.60. The Bertz CT molecular complexity index is 613. The Morgan fingerprint density at radius 3 is 2.59 bits per heavy atom. The van der Waals surface area contributed by atoms with Gasteiger partial charge in [-0.2, -0.15) is 0 Å². The number of thiazole rings is 1. The molecule has 2 rings (SSSR count). The predicted octanol–water partition coefficient (Wildman–Crippen LogP) is 3.93. The Balaban J connectivity index is 2.29. The number of nitrogens with zero attached hydrogens (tertiary/aromatic N) is 2. The lowest BCUT2D eigenvalue weighted by atomic mass is 10.3. The maximum absolute atomic E-state index is 9.73. The summed E-state index contributed by atoms with van der Waals surface area (Å²) in [6.45, 7) is 0. The zero-order valence-electron chi connectivity index (χ0n) is 8.92. The molecular formula is C11H9ClN2OS2. The third-order valence-corrected chi connectivity index (χ3v) is 3.90. The van der Waals surface area contributed by atoms with E-state index in [1.54, 1.807) is 42.1 Å². The van der Waals surface area contributed by atoms with Gasteiger partial charge in [-0.05, 0) is 36.5 Å². The van der Waals surface area contributed by atoms with E-state index in [0.29, 0.717) is 13.9 Å². The summed E-state index contributed by atoms with van der Waals surface area (Å²) in [4.78, 5) is 4.89. The molecule has 88 valence electrons. The fourth-order valence-corrected chi connectivity index (χ4v) is 2.43. The average Bonchev–Trinajstić information content (AvgIpc) is 2.56. The molecule has 1 aromatic heterocycles. The minimum atomic E-state index is 0.137. The molecule has 2 aromatic rings. The molecule has 0 aliphatic rings. The van der Waals surface area contributed by atoms with Crippen LogP contribution in [-0.4, -0.2) is 15.9 Å². The van der Waals surface area contributed by atoms with Crippen molar-refractivity contribution in [2.75, 3.05) is 0 Å². The summed E-state index contributed by atoms with van der Waals surface area (Å²) < 4.78 is 2.16. The topological polar surface area (TPSA) is 37.5 Å². The van der Waals surface area contributed by atoms with Crippen LogP contribution in [0.15, 0.2) is 29.3 Å². The summed E-state index contributed by atoms with van der Waals surface area (Å²) in [5.74, 6) is 0.137. The van der Waals surface area contributed by atoms with Crippen LogP contribution in [0.2, 0.25) is 5.02 Å². The minimum absolute atomic E-state index is 0.137. The minimum Gasteiger partial charge on any atom is -0.493 e. The highest BCUT2D eigenvalue weighted by Crippen LogP contribution is 2.24. The molecule has 0 saturated carbocycles. The second-order valence-corrected chi connectivity index (χ2v) is 5.46. The highest BCUT2D eigenvalue weighted by atomic mass is 35.5. The Kier molecular flexibility index (Phi) is 3.61. The van der Waals surface area contributed by atoms with Crippen LogP contribution in [0.25, 0.3) is 0 Å². The number of aromatic nitrogens is 1. The highest BCUT2D eigenvalue weighted by Gasteiger charge is 2.05. The molecule has 1 aromatic carbocycles. The average molecular weight is 285 g/mol. The second kappa shape index (κ2) is 5.00. The number of aromatic hydroxyl groups is 1. The van der Waals surface area contributed by atoms with Crippen LogP contribution in [-0.2, 0) is 7.05 Å². The molecular weight excluding hydrogens is 276 g/mol. The normalized spacial score (nSPS) is 11.2. The molecule has 0 amide bonds. The zero-order valence-corrected chi connectivity index (χ0v) is 11.3. The number of hydrogen-bond acceptors (Lipinski definition) is 4. The van der Waals surface area contributed by atoms with E-state index in [4.69, 9.17) is 23.8 Å². The maximum atomic E-state index is 9.73. The summed E-state index contributed by atoms with van der Waals surface area (Å²) >= 11 is 12.1. The molecule has 17 heavy (non-hydrogen) atoms. The van der Waals surface area contributed by atoms with Crippen molar-refractivity contribution in [3.63, 3.8) is 0 Å². The molecule has 0 fully saturated rings. The van der Waals surface area contributed by atoms with Gasteiger partial charge in [-0.1, -0.05) is 22.9 Å². The van der Waals surface area contributed by atoms with Crippen LogP contribution in [0.3, 0.4) is 0 Å². The van der Waals surface area contributed by atoms with Crippen molar-refractivity contribution in [3.05, 3.63) is 38.1 Å². The van der Waals surface area contributed by atoms with Crippen LogP contribution >= 0.6 is 35.2 Å². The molecule has 1 heterocycles. The van der Waals surface area contributed by atoms with Crippen LogP contribution < -0.4 is 0 Å². The van der Waals surface area contributed by atoms with Crippen LogP contribution in [0.1, 0.15) is 4.88 Å². The van der Waals surface area contributed by atoms with Crippen molar-refractivity contribution in [2.24, 2.45) is 12.0 Å². The van der Waals surface area contributed by atoms with E-state index < -0.39 is 0 Å². The van der Waals surface area contributed by atoms with E-state index in [2.05, 4.69) is 4.99 Å². The number of aliphatic imine (C=N–C) groups is 1. The molecule has 0 radical (unpaired) electrons. The lowest BCUT2D eigenvalue weighted by Crippen LogP contribution is -1.85. The first kappa shape index (κ1) is 12.3. The lowest BCUT2D eigenvalue weighted by molar-refractivity contribution is 0.430. The maximum Gasteiger partial charge on any atom is 0.211 e. The summed E-state index contributed by atoms with van der Waals surface area (Å²) in [7, 11) is 1.72. The smallest absolute Gasteiger partial charge is 0.211 e. The van der Waals surface area contributed by atoms with Gasteiger partial charge in [0, 0.05) is 12.1 Å². The molecule has 0 atom stereocenters. The van der Waals surface area contributed by atoms with E-state index in [9.17, 15) is 5.11 Å². The SMILES string of the molecule is Cn1c(O)c(C=Nc2ccc(Cl)cc2)sc1=S. The first-order valence-electron chi connectivity index (χ1n) is 4.76. The van der Waals surface area contributed by atoms with Gasteiger partial charge in [0.2, 0.25) is 5.88 Å². The van der Waals surface area contributed by atoms with Crippen LogP contribution in [0, 0.1) is 3.95 Å². The van der Waals surface area contributed by atoms with E-state index in [0.717, 1.165) is 5.69 Å². The number of benzene rings is 1. The third kappa shape index (κ3) is 2.74. The van der Waals surface area contributed by atoms with Gasteiger partial charge in [-0.25, -0.2) is 0 Å². The number of halogens is 1. The van der Waals surface area contributed by atoms with Gasteiger partial charge in [0.25, 0.3) is 0 Å². The van der Waals surface area contributed by atoms with Crippen molar-refractivity contribution >= 4 is 47.1 Å². The van der Waals surface area contributed by atoms with E-state index >= 15 is 0 Å². The standard InChI is InChI=1S/C11H9ClN2OS2/c1-14-10(15)9(17-11(14)16)6-13-8-4-2-7(12)3-5-8/h2-6,15H,1H3. The fourth-order valence-electron chi connectivity index (χ4n) is 1.20. The fraction of sp³-hybridized carbons (Fsp3) is 0.0909. The van der Waals surface area contributed by atoms with Gasteiger partial charge in [0.15, 0.2) is 3.95 Å². The van der Waals surface area contributed by atoms with Crippen molar-refractivity contribution in [2.45, 2.75) is 0 Å². The first-order chi connectivity index (χ1) is 8.08. The van der Waals surface area contributed by atoms with Crippen molar-refractivity contribution < 1.29 is 5.11 Å². The molecule has 0 saturated heterocycles. The Morgan fingerprint density at radius 2 is 2.06 bits per heavy atom. The molecule has 6 heteroatoms. The van der Waals surface area contributed by atoms with E-state index in [-0.39, 0.29) is 5.88 Å². The second-order valence-electron chi connectivity index (χ2n) is 3.35. The zero-order chi connectivity index (χ0) is 12.4. The Labute approximate surface area is 113 Å². The molecule has 0 bridgehead atoms. The van der Waals surface area contributed by atoms with Crippen LogP contribution in [0.5, 0.6) is 5.88 Å². The molecule has 0 spiro atoms. The van der Waals surface area contributed by atoms with Gasteiger partial charge in [0.1, 0.15) is 4.88 Å². The molecule has 1 N–H and O–H groups in total. The predicted molar refractivity (Wildman–Crippen MR) is 74.5 cm³/mol. The molecule has 3 nitrogen and oxygen atoms in total. The van der Waals surface area contributed by atoms with Gasteiger partial charge in [-0.15, -0.1) is 0 Å². The van der Waals surface area contributed by atoms with Crippen molar-refractivity contribution in [1.29, 1.82) is 0 Å². The Hall–Kier alpha value is -1.17. The van der Waals surface area contributed by atoms with Gasteiger partial charge in [-0.3, -0.25) is 9.56 Å². The molecule has 0 unspecified atom stereocenters. The van der Waals surface area contributed by atoms with Crippen molar-refractivity contribution in [3.8, 4) is 5.88 Å². The van der Waals surface area contributed by atoms with Gasteiger partial charge < -0.3 is 5.11 Å². The monoisotopic (exact) mass is 284 g/mol. The first-order valence-corrected chi connectivity index (χ1v) is 6.36. The molecule has 0 aliphatic heterocycles.